The quantitative estimate of drug-likeness (QED) is 0.427. The molecule has 1 atom stereocenters. The summed E-state index contributed by atoms with van der Waals surface area (Å²) in [5.41, 5.74) is 2.20. The fourth-order valence-corrected chi connectivity index (χ4v) is 2.21. The maximum absolute atomic E-state index is 4.60. The topological polar surface area (TPSA) is 52.6 Å². The van der Waals surface area contributed by atoms with Crippen LogP contribution in [0.1, 0.15) is 24.2 Å². The van der Waals surface area contributed by atoms with Crippen molar-refractivity contribution in [1.82, 2.24) is 15.6 Å². The average molecular weight is 439 g/mol. The molecule has 24 heavy (non-hydrogen) atoms. The summed E-state index contributed by atoms with van der Waals surface area (Å²) in [4.78, 5) is 10.9. The van der Waals surface area contributed by atoms with Crippen LogP contribution in [-0.4, -0.2) is 32.1 Å². The molecule has 0 fully saturated rings. The van der Waals surface area contributed by atoms with Crippen LogP contribution in [0.4, 0.5) is 5.82 Å². The molecule has 0 bridgehead atoms. The summed E-state index contributed by atoms with van der Waals surface area (Å²) in [6, 6.07) is 16.5. The van der Waals surface area contributed by atoms with Crippen molar-refractivity contribution in [3.8, 4) is 0 Å². The van der Waals surface area contributed by atoms with Crippen molar-refractivity contribution in [3.63, 3.8) is 0 Å². The summed E-state index contributed by atoms with van der Waals surface area (Å²) in [5, 5.41) is 6.70. The van der Waals surface area contributed by atoms with Crippen LogP contribution >= 0.6 is 24.0 Å². The predicted molar refractivity (Wildman–Crippen MR) is 112 cm³/mol. The number of hydrogen-bond donors (Lipinski definition) is 2. The molecule has 1 aromatic carbocycles. The zero-order chi connectivity index (χ0) is 16.7. The Hall–Kier alpha value is -1.83. The van der Waals surface area contributed by atoms with Crippen molar-refractivity contribution in [1.29, 1.82) is 0 Å². The van der Waals surface area contributed by atoms with Crippen molar-refractivity contribution < 1.29 is 0 Å². The van der Waals surface area contributed by atoms with E-state index < -0.39 is 0 Å². The zero-order valence-corrected chi connectivity index (χ0v) is 17.0. The van der Waals surface area contributed by atoms with Crippen molar-refractivity contribution in [2.45, 2.75) is 19.5 Å². The molecule has 0 saturated carbocycles. The third kappa shape index (κ3) is 5.99. The number of rotatable bonds is 5. The average Bonchev–Trinajstić information content (AvgIpc) is 2.59. The molecule has 0 spiro atoms. The highest BCUT2D eigenvalue weighted by molar-refractivity contribution is 14.0. The molecule has 1 aromatic heterocycles. The van der Waals surface area contributed by atoms with Crippen molar-refractivity contribution in [3.05, 3.63) is 59.8 Å². The van der Waals surface area contributed by atoms with Gasteiger partial charge in [0.05, 0.1) is 18.3 Å². The molecule has 0 radical (unpaired) electrons. The van der Waals surface area contributed by atoms with Crippen molar-refractivity contribution in [2.75, 3.05) is 26.0 Å². The molecule has 0 aliphatic heterocycles. The highest BCUT2D eigenvalue weighted by Gasteiger charge is 2.07. The Balaban J connectivity index is 0.00000288. The zero-order valence-electron chi connectivity index (χ0n) is 14.7. The van der Waals surface area contributed by atoms with Crippen LogP contribution in [0.25, 0.3) is 0 Å². The van der Waals surface area contributed by atoms with E-state index in [-0.39, 0.29) is 30.0 Å². The summed E-state index contributed by atoms with van der Waals surface area (Å²) < 4.78 is 0. The van der Waals surface area contributed by atoms with Gasteiger partial charge in [-0.2, -0.15) is 0 Å². The smallest absolute Gasteiger partial charge is 0.191 e. The molecule has 0 saturated heterocycles. The van der Waals surface area contributed by atoms with E-state index in [0.717, 1.165) is 17.5 Å². The van der Waals surface area contributed by atoms with E-state index in [1.54, 1.807) is 7.05 Å². The van der Waals surface area contributed by atoms with Crippen LogP contribution in [0.5, 0.6) is 0 Å². The number of nitrogens with one attached hydrogen (secondary N) is 2. The summed E-state index contributed by atoms with van der Waals surface area (Å²) >= 11 is 0. The molecule has 6 heteroatoms. The number of hydrogen-bond acceptors (Lipinski definition) is 3. The van der Waals surface area contributed by atoms with Crippen LogP contribution < -0.4 is 15.5 Å². The van der Waals surface area contributed by atoms with Gasteiger partial charge in [0.1, 0.15) is 5.82 Å². The molecule has 0 aliphatic rings. The monoisotopic (exact) mass is 439 g/mol. The molecule has 2 N–H and O–H groups in total. The number of nitrogens with zero attached hydrogens (tertiary/aromatic N) is 3. The standard InChI is InChI=1S/C18H25N5.HI/c1-14(15-9-6-5-7-10-15)21-18(19-2)20-13-16-11-8-12-17(22-16)23(3)4;/h5-12,14H,13H2,1-4H3,(H2,19,20,21);1H. The van der Waals surface area contributed by atoms with Gasteiger partial charge in [-0.25, -0.2) is 4.98 Å². The van der Waals surface area contributed by atoms with Gasteiger partial charge in [-0.05, 0) is 24.6 Å². The number of halogens is 1. The van der Waals surface area contributed by atoms with Gasteiger partial charge in [-0.15, -0.1) is 24.0 Å². The maximum atomic E-state index is 4.60. The van der Waals surface area contributed by atoms with Gasteiger partial charge in [-0.3, -0.25) is 4.99 Å². The Kier molecular flexibility index (Phi) is 8.53. The van der Waals surface area contributed by atoms with Gasteiger partial charge in [0.25, 0.3) is 0 Å². The number of benzene rings is 1. The molecule has 1 unspecified atom stereocenters. The van der Waals surface area contributed by atoms with Crippen molar-refractivity contribution >= 4 is 35.8 Å². The molecule has 2 rings (SSSR count). The Morgan fingerprint density at radius 3 is 2.46 bits per heavy atom. The summed E-state index contributed by atoms with van der Waals surface area (Å²) in [7, 11) is 5.75. The first-order valence-electron chi connectivity index (χ1n) is 7.75. The second-order valence-corrected chi connectivity index (χ2v) is 5.58. The number of pyridine rings is 1. The first kappa shape index (κ1) is 20.2. The van der Waals surface area contributed by atoms with E-state index in [4.69, 9.17) is 0 Å². The number of aromatic nitrogens is 1. The van der Waals surface area contributed by atoms with E-state index in [9.17, 15) is 0 Å². The van der Waals surface area contributed by atoms with E-state index >= 15 is 0 Å². The molecular weight excluding hydrogens is 413 g/mol. The molecular formula is C18H26IN5. The Morgan fingerprint density at radius 2 is 1.83 bits per heavy atom. The first-order chi connectivity index (χ1) is 11.1. The lowest BCUT2D eigenvalue weighted by molar-refractivity contribution is 0.683. The highest BCUT2D eigenvalue weighted by Crippen LogP contribution is 2.11. The minimum atomic E-state index is 0. The summed E-state index contributed by atoms with van der Waals surface area (Å²) in [6.07, 6.45) is 0. The second kappa shape index (κ2) is 10.1. The minimum absolute atomic E-state index is 0. The lowest BCUT2D eigenvalue weighted by Gasteiger charge is -2.18. The Morgan fingerprint density at radius 1 is 1.12 bits per heavy atom. The molecule has 5 nitrogen and oxygen atoms in total. The van der Waals surface area contributed by atoms with E-state index in [1.807, 2.05) is 55.4 Å². The third-order valence-electron chi connectivity index (χ3n) is 3.56. The van der Waals surface area contributed by atoms with Crippen molar-refractivity contribution in [2.24, 2.45) is 4.99 Å². The van der Waals surface area contributed by atoms with Gasteiger partial charge in [0, 0.05) is 21.1 Å². The molecule has 0 aliphatic carbocycles. The first-order valence-corrected chi connectivity index (χ1v) is 7.75. The lowest BCUT2D eigenvalue weighted by atomic mass is 10.1. The highest BCUT2D eigenvalue weighted by atomic mass is 127. The van der Waals surface area contributed by atoms with Gasteiger partial charge in [-0.1, -0.05) is 36.4 Å². The van der Waals surface area contributed by atoms with Crippen LogP contribution in [0.2, 0.25) is 0 Å². The van der Waals surface area contributed by atoms with Crippen LogP contribution in [0.15, 0.2) is 53.5 Å². The fourth-order valence-electron chi connectivity index (χ4n) is 2.21. The number of guanidine groups is 1. The fraction of sp³-hybridized carbons (Fsp3) is 0.333. The van der Waals surface area contributed by atoms with Gasteiger partial charge in [0.15, 0.2) is 5.96 Å². The van der Waals surface area contributed by atoms with Crippen LogP contribution in [0, 0.1) is 0 Å². The Bertz CT molecular complexity index is 643. The number of aliphatic imine (C=N–C) groups is 1. The SMILES string of the molecule is CN=C(NCc1cccc(N(C)C)n1)NC(C)c1ccccc1.I. The predicted octanol–water partition coefficient (Wildman–Crippen LogP) is 3.19. The van der Waals surface area contributed by atoms with Crippen LogP contribution in [0.3, 0.4) is 0 Å². The third-order valence-corrected chi connectivity index (χ3v) is 3.56. The van der Waals surface area contributed by atoms with Gasteiger partial charge < -0.3 is 15.5 Å². The largest absolute Gasteiger partial charge is 0.363 e. The molecule has 130 valence electrons. The Labute approximate surface area is 161 Å². The normalized spacial score (nSPS) is 12.1. The molecule has 2 aromatic rings. The molecule has 1 heterocycles. The second-order valence-electron chi connectivity index (χ2n) is 5.58. The van der Waals surface area contributed by atoms with E-state index in [0.29, 0.717) is 6.54 Å². The van der Waals surface area contributed by atoms with Crippen LogP contribution in [-0.2, 0) is 6.54 Å². The molecule has 0 amide bonds. The van der Waals surface area contributed by atoms with Gasteiger partial charge >= 0.3 is 0 Å². The van der Waals surface area contributed by atoms with E-state index in [2.05, 4.69) is 39.7 Å². The minimum Gasteiger partial charge on any atom is -0.363 e. The lowest BCUT2D eigenvalue weighted by Crippen LogP contribution is -2.38. The maximum Gasteiger partial charge on any atom is 0.191 e. The summed E-state index contributed by atoms with van der Waals surface area (Å²) in [6.45, 7) is 2.75. The van der Waals surface area contributed by atoms with Gasteiger partial charge in [0.2, 0.25) is 0 Å². The summed E-state index contributed by atoms with van der Waals surface area (Å²) in [5.74, 6) is 1.71. The number of anilines is 1. The van der Waals surface area contributed by atoms with E-state index in [1.165, 1.54) is 5.56 Å².